The molecular weight excluding hydrogens is 494 g/mol. The van der Waals surface area contributed by atoms with Crippen LogP contribution in [-0.2, 0) is 13.0 Å². The Morgan fingerprint density at radius 1 is 1.00 bits per heavy atom. The maximum absolute atomic E-state index is 13.1. The Morgan fingerprint density at radius 3 is 2.68 bits per heavy atom. The lowest BCUT2D eigenvalue weighted by molar-refractivity contribution is 0.101. The Labute approximate surface area is 213 Å². The standard InChI is InChI=1S/C25H19N7O4S/c33-21(31-24-28-16-8-9-32(25(35)36)12-19(16)37-24)15-6-3-7-17-20(15)29-23(27-17)30-22(34)18-10-13-4-1-2-5-14(13)11-26-18/h1-7,10-11H,8-9,12H2,(H,35,36)(H,28,31,33)(H2,27,29,30,34). The van der Waals surface area contributed by atoms with Crippen molar-refractivity contribution in [3.8, 4) is 0 Å². The first-order chi connectivity index (χ1) is 17.9. The number of anilines is 2. The summed E-state index contributed by atoms with van der Waals surface area (Å²) in [6, 6.07) is 14.4. The number of aromatic nitrogens is 4. The lowest BCUT2D eigenvalue weighted by Gasteiger charge is -2.22. The highest BCUT2D eigenvalue weighted by Gasteiger charge is 2.25. The zero-order valence-electron chi connectivity index (χ0n) is 19.2. The molecule has 11 nitrogen and oxygen atoms in total. The number of imidazole rings is 1. The van der Waals surface area contributed by atoms with Gasteiger partial charge in [0.2, 0.25) is 5.95 Å². The lowest BCUT2D eigenvalue weighted by atomic mass is 10.1. The molecule has 0 saturated carbocycles. The fourth-order valence-corrected chi connectivity index (χ4v) is 5.25. The van der Waals surface area contributed by atoms with Crippen LogP contribution in [0.3, 0.4) is 0 Å². The quantitative estimate of drug-likeness (QED) is 0.282. The van der Waals surface area contributed by atoms with Crippen molar-refractivity contribution in [3.05, 3.63) is 76.6 Å². The van der Waals surface area contributed by atoms with Gasteiger partial charge in [-0.1, -0.05) is 41.7 Å². The summed E-state index contributed by atoms with van der Waals surface area (Å²) in [5.74, 6) is -0.652. The second-order valence-electron chi connectivity index (χ2n) is 8.46. The van der Waals surface area contributed by atoms with E-state index in [2.05, 4.69) is 30.6 Å². The summed E-state index contributed by atoms with van der Waals surface area (Å²) >= 11 is 1.26. The molecular formula is C25H19N7O4S. The average Bonchev–Trinajstić information content (AvgIpc) is 3.50. The van der Waals surface area contributed by atoms with E-state index in [0.29, 0.717) is 34.7 Å². The molecule has 37 heavy (non-hydrogen) atoms. The third-order valence-electron chi connectivity index (χ3n) is 6.08. The van der Waals surface area contributed by atoms with E-state index in [9.17, 15) is 19.5 Å². The number of benzene rings is 2. The lowest BCUT2D eigenvalue weighted by Crippen LogP contribution is -2.34. The summed E-state index contributed by atoms with van der Waals surface area (Å²) in [5.41, 5.74) is 2.30. The zero-order chi connectivity index (χ0) is 25.5. The van der Waals surface area contributed by atoms with Gasteiger partial charge in [0, 0.05) is 29.4 Å². The van der Waals surface area contributed by atoms with Crippen LogP contribution in [0, 0.1) is 0 Å². The fraction of sp³-hybridized carbons (Fsp3) is 0.120. The molecule has 4 heterocycles. The van der Waals surface area contributed by atoms with Crippen molar-refractivity contribution in [1.29, 1.82) is 0 Å². The molecule has 0 radical (unpaired) electrons. The normalized spacial score (nSPS) is 12.9. The monoisotopic (exact) mass is 513 g/mol. The van der Waals surface area contributed by atoms with Crippen molar-refractivity contribution < 1.29 is 19.5 Å². The third-order valence-corrected chi connectivity index (χ3v) is 7.07. The van der Waals surface area contributed by atoms with Gasteiger partial charge in [0.25, 0.3) is 11.8 Å². The van der Waals surface area contributed by atoms with Crippen molar-refractivity contribution in [2.75, 3.05) is 17.2 Å². The molecule has 1 aliphatic heterocycles. The molecule has 0 saturated heterocycles. The molecule has 3 amide bonds. The zero-order valence-corrected chi connectivity index (χ0v) is 20.0. The molecule has 184 valence electrons. The number of hydrogen-bond donors (Lipinski definition) is 4. The number of carboxylic acid groups (broad SMARTS) is 1. The minimum absolute atomic E-state index is 0.189. The van der Waals surface area contributed by atoms with Crippen LogP contribution in [0.1, 0.15) is 31.4 Å². The molecule has 0 unspecified atom stereocenters. The van der Waals surface area contributed by atoms with Crippen molar-refractivity contribution >= 4 is 62.1 Å². The number of rotatable bonds is 4. The average molecular weight is 514 g/mol. The van der Waals surface area contributed by atoms with Crippen molar-refractivity contribution in [2.45, 2.75) is 13.0 Å². The number of H-pyrrole nitrogens is 1. The number of thiazole rings is 1. The molecule has 0 atom stereocenters. The van der Waals surface area contributed by atoms with Gasteiger partial charge in [-0.05, 0) is 23.6 Å². The van der Waals surface area contributed by atoms with E-state index in [4.69, 9.17) is 0 Å². The van der Waals surface area contributed by atoms with Gasteiger partial charge >= 0.3 is 6.09 Å². The molecule has 4 N–H and O–H groups in total. The Hall–Kier alpha value is -4.84. The van der Waals surface area contributed by atoms with Crippen LogP contribution in [0.2, 0.25) is 0 Å². The molecule has 12 heteroatoms. The van der Waals surface area contributed by atoms with Crippen LogP contribution in [0.5, 0.6) is 0 Å². The van der Waals surface area contributed by atoms with Gasteiger partial charge in [-0.15, -0.1) is 0 Å². The highest BCUT2D eigenvalue weighted by Crippen LogP contribution is 2.29. The molecule has 5 aromatic rings. The van der Waals surface area contributed by atoms with Gasteiger partial charge in [-0.2, -0.15) is 0 Å². The first-order valence-electron chi connectivity index (χ1n) is 11.4. The fourth-order valence-electron chi connectivity index (χ4n) is 4.23. The molecule has 0 spiro atoms. The maximum Gasteiger partial charge on any atom is 0.407 e. The predicted octanol–water partition coefficient (Wildman–Crippen LogP) is 4.11. The smallest absolute Gasteiger partial charge is 0.407 e. The van der Waals surface area contributed by atoms with Gasteiger partial charge in [-0.25, -0.2) is 14.8 Å². The molecule has 2 aromatic carbocycles. The van der Waals surface area contributed by atoms with Gasteiger partial charge in [0.1, 0.15) is 11.2 Å². The van der Waals surface area contributed by atoms with E-state index >= 15 is 0 Å². The van der Waals surface area contributed by atoms with Crippen LogP contribution >= 0.6 is 11.3 Å². The minimum atomic E-state index is -0.978. The van der Waals surface area contributed by atoms with E-state index in [0.717, 1.165) is 21.3 Å². The van der Waals surface area contributed by atoms with Crippen LogP contribution < -0.4 is 10.6 Å². The molecule has 0 bridgehead atoms. The summed E-state index contributed by atoms with van der Waals surface area (Å²) in [5, 5.41) is 17.0. The Balaban J connectivity index is 1.21. The topological polar surface area (TPSA) is 153 Å². The largest absolute Gasteiger partial charge is 0.465 e. The summed E-state index contributed by atoms with van der Waals surface area (Å²) in [6.45, 7) is 0.623. The van der Waals surface area contributed by atoms with Gasteiger partial charge in [0.15, 0.2) is 5.13 Å². The number of amides is 3. The molecule has 1 aliphatic rings. The number of para-hydroxylation sites is 1. The second kappa shape index (κ2) is 8.99. The summed E-state index contributed by atoms with van der Waals surface area (Å²) in [7, 11) is 0. The molecule has 0 aliphatic carbocycles. The highest BCUT2D eigenvalue weighted by molar-refractivity contribution is 7.15. The van der Waals surface area contributed by atoms with Crippen molar-refractivity contribution in [3.63, 3.8) is 0 Å². The van der Waals surface area contributed by atoms with E-state index in [1.54, 1.807) is 30.5 Å². The Kier molecular flexibility index (Phi) is 5.49. The van der Waals surface area contributed by atoms with Gasteiger partial charge in [-0.3, -0.25) is 25.2 Å². The molecule has 3 aromatic heterocycles. The predicted molar refractivity (Wildman–Crippen MR) is 138 cm³/mol. The highest BCUT2D eigenvalue weighted by atomic mass is 32.1. The first-order valence-corrected chi connectivity index (χ1v) is 12.2. The number of carbonyl (C=O) groups is 3. The third kappa shape index (κ3) is 4.34. The number of nitrogens with zero attached hydrogens (tertiary/aromatic N) is 4. The van der Waals surface area contributed by atoms with E-state index in [1.165, 1.54) is 16.2 Å². The van der Waals surface area contributed by atoms with Gasteiger partial charge < -0.3 is 15.0 Å². The Bertz CT molecular complexity index is 1710. The van der Waals surface area contributed by atoms with Crippen LogP contribution in [-0.4, -0.2) is 54.4 Å². The summed E-state index contributed by atoms with van der Waals surface area (Å²) in [4.78, 5) is 55.4. The number of aromatic amines is 1. The van der Waals surface area contributed by atoms with Crippen LogP contribution in [0.4, 0.5) is 15.9 Å². The second-order valence-corrected chi connectivity index (χ2v) is 9.54. The van der Waals surface area contributed by atoms with Crippen molar-refractivity contribution in [1.82, 2.24) is 24.8 Å². The number of nitrogens with one attached hydrogen (secondary N) is 3. The first kappa shape index (κ1) is 22.6. The van der Waals surface area contributed by atoms with Crippen LogP contribution in [0.15, 0.2) is 54.7 Å². The SMILES string of the molecule is O=C(Nc1nc2c(C(=O)Nc3nc4c(s3)CN(C(=O)O)CC4)cccc2[nH]1)c1cc2ccccc2cn1. The molecule has 6 rings (SSSR count). The number of fused-ring (bicyclic) bond motifs is 3. The number of hydrogen-bond acceptors (Lipinski definition) is 7. The number of pyridine rings is 1. The van der Waals surface area contributed by atoms with E-state index < -0.39 is 17.9 Å². The maximum atomic E-state index is 13.1. The minimum Gasteiger partial charge on any atom is -0.465 e. The Morgan fingerprint density at radius 2 is 1.84 bits per heavy atom. The molecule has 0 fully saturated rings. The van der Waals surface area contributed by atoms with E-state index in [1.807, 2.05) is 24.3 Å². The number of carbonyl (C=O) groups excluding carboxylic acids is 2. The van der Waals surface area contributed by atoms with E-state index in [-0.39, 0.29) is 18.2 Å². The summed E-state index contributed by atoms with van der Waals surface area (Å²) in [6.07, 6.45) is 1.16. The summed E-state index contributed by atoms with van der Waals surface area (Å²) < 4.78 is 0. The van der Waals surface area contributed by atoms with Crippen molar-refractivity contribution in [2.24, 2.45) is 0 Å². The van der Waals surface area contributed by atoms with Gasteiger partial charge in [0.05, 0.1) is 23.3 Å². The van der Waals surface area contributed by atoms with Crippen LogP contribution in [0.25, 0.3) is 21.8 Å².